The van der Waals surface area contributed by atoms with Gasteiger partial charge in [0.25, 0.3) is 0 Å². The standard InChI is InChI=1S/C20H31N3O.2ClH/c24-20(7-6-17-8-12-21-13-9-17)22-19-10-14-23(15-11-19)16-18-4-2-1-3-5-18;;/h1-5,17,19,21H,6-16H2,(H,22,24);2*1H. The number of halogens is 2. The third kappa shape index (κ3) is 7.83. The summed E-state index contributed by atoms with van der Waals surface area (Å²) in [5.41, 5.74) is 1.38. The third-order valence-electron chi connectivity index (χ3n) is 5.44. The molecule has 0 radical (unpaired) electrons. The lowest BCUT2D eigenvalue weighted by Crippen LogP contribution is -2.44. The number of amides is 1. The van der Waals surface area contributed by atoms with E-state index in [4.69, 9.17) is 0 Å². The Morgan fingerprint density at radius 3 is 2.35 bits per heavy atom. The second kappa shape index (κ2) is 12.6. The molecule has 6 heteroatoms. The molecule has 0 saturated carbocycles. The van der Waals surface area contributed by atoms with Crippen molar-refractivity contribution in [1.82, 2.24) is 15.5 Å². The number of hydrogen-bond donors (Lipinski definition) is 2. The van der Waals surface area contributed by atoms with Crippen LogP contribution in [-0.2, 0) is 11.3 Å². The van der Waals surface area contributed by atoms with Crippen molar-refractivity contribution in [3.63, 3.8) is 0 Å². The molecule has 0 unspecified atom stereocenters. The maximum atomic E-state index is 12.2. The molecule has 2 N–H and O–H groups in total. The van der Waals surface area contributed by atoms with E-state index in [1.165, 1.54) is 18.4 Å². The Balaban J connectivity index is 0.00000169. The highest BCUT2D eigenvalue weighted by atomic mass is 35.5. The number of carbonyl (C=O) groups is 1. The van der Waals surface area contributed by atoms with Crippen molar-refractivity contribution in [2.45, 2.75) is 51.1 Å². The Kier molecular flexibility index (Phi) is 11.2. The molecular formula is C20H33Cl2N3O. The predicted molar refractivity (Wildman–Crippen MR) is 112 cm³/mol. The highest BCUT2D eigenvalue weighted by Gasteiger charge is 2.21. The van der Waals surface area contributed by atoms with Crippen molar-refractivity contribution in [1.29, 1.82) is 0 Å². The highest BCUT2D eigenvalue weighted by Crippen LogP contribution is 2.18. The topological polar surface area (TPSA) is 44.4 Å². The third-order valence-corrected chi connectivity index (χ3v) is 5.44. The minimum Gasteiger partial charge on any atom is -0.353 e. The summed E-state index contributed by atoms with van der Waals surface area (Å²) in [5.74, 6) is 1.000. The van der Waals surface area contributed by atoms with Crippen LogP contribution >= 0.6 is 24.8 Å². The van der Waals surface area contributed by atoms with Gasteiger partial charge in [0.15, 0.2) is 0 Å². The number of rotatable bonds is 6. The first-order chi connectivity index (χ1) is 11.8. The van der Waals surface area contributed by atoms with Gasteiger partial charge in [-0.05, 0) is 56.7 Å². The fourth-order valence-corrected chi connectivity index (χ4v) is 3.88. The van der Waals surface area contributed by atoms with Gasteiger partial charge >= 0.3 is 0 Å². The molecular weight excluding hydrogens is 369 g/mol. The van der Waals surface area contributed by atoms with Gasteiger partial charge in [0.05, 0.1) is 0 Å². The minimum atomic E-state index is 0. The van der Waals surface area contributed by atoms with Gasteiger partial charge in [0, 0.05) is 32.1 Å². The zero-order valence-corrected chi connectivity index (χ0v) is 17.1. The van der Waals surface area contributed by atoms with E-state index in [1.807, 2.05) is 0 Å². The SMILES string of the molecule is Cl.Cl.O=C(CCC1CCNCC1)NC1CCN(Cc2ccccc2)CC1. The van der Waals surface area contributed by atoms with E-state index < -0.39 is 0 Å². The smallest absolute Gasteiger partial charge is 0.220 e. The van der Waals surface area contributed by atoms with E-state index in [9.17, 15) is 4.79 Å². The fraction of sp³-hybridized carbons (Fsp3) is 0.650. The number of hydrogen-bond acceptors (Lipinski definition) is 3. The Labute approximate surface area is 170 Å². The summed E-state index contributed by atoms with van der Waals surface area (Å²) in [6.07, 6.45) is 6.36. The van der Waals surface area contributed by atoms with Crippen LogP contribution in [0.1, 0.15) is 44.1 Å². The molecule has 2 fully saturated rings. The Hall–Kier alpha value is -0.810. The average molecular weight is 402 g/mol. The van der Waals surface area contributed by atoms with Crippen molar-refractivity contribution >= 4 is 30.7 Å². The average Bonchev–Trinajstić information content (AvgIpc) is 2.63. The highest BCUT2D eigenvalue weighted by molar-refractivity contribution is 5.85. The summed E-state index contributed by atoms with van der Waals surface area (Å²) in [6.45, 7) is 5.41. The number of nitrogens with zero attached hydrogens (tertiary/aromatic N) is 1. The van der Waals surface area contributed by atoms with Gasteiger partial charge in [0.2, 0.25) is 5.91 Å². The molecule has 1 aromatic rings. The van der Waals surface area contributed by atoms with Gasteiger partial charge in [-0.25, -0.2) is 0 Å². The summed E-state index contributed by atoms with van der Waals surface area (Å²) in [5, 5.41) is 6.65. The van der Waals surface area contributed by atoms with Gasteiger partial charge < -0.3 is 10.6 Å². The molecule has 1 amide bonds. The largest absolute Gasteiger partial charge is 0.353 e. The number of likely N-dealkylation sites (tertiary alicyclic amines) is 1. The van der Waals surface area contributed by atoms with E-state index in [0.29, 0.717) is 12.5 Å². The second-order valence-electron chi connectivity index (χ2n) is 7.34. The first kappa shape index (κ1) is 23.2. The maximum absolute atomic E-state index is 12.2. The zero-order chi connectivity index (χ0) is 16.6. The van der Waals surface area contributed by atoms with Crippen LogP contribution in [0.2, 0.25) is 0 Å². The Bertz CT molecular complexity index is 501. The minimum absolute atomic E-state index is 0. The first-order valence-corrected chi connectivity index (χ1v) is 9.56. The van der Waals surface area contributed by atoms with E-state index >= 15 is 0 Å². The van der Waals surface area contributed by atoms with Gasteiger partial charge in [-0.15, -0.1) is 24.8 Å². The van der Waals surface area contributed by atoms with Crippen LogP contribution in [0.4, 0.5) is 0 Å². The van der Waals surface area contributed by atoms with Crippen molar-refractivity contribution in [2.24, 2.45) is 5.92 Å². The molecule has 2 aliphatic rings. The number of nitrogens with one attached hydrogen (secondary N) is 2. The zero-order valence-electron chi connectivity index (χ0n) is 15.5. The number of piperidine rings is 2. The van der Waals surface area contributed by atoms with Crippen LogP contribution in [0, 0.1) is 5.92 Å². The quantitative estimate of drug-likeness (QED) is 0.767. The molecule has 0 atom stereocenters. The van der Waals surface area contributed by atoms with E-state index in [2.05, 4.69) is 45.9 Å². The summed E-state index contributed by atoms with van der Waals surface area (Å²) in [4.78, 5) is 14.7. The molecule has 0 aromatic heterocycles. The van der Waals surface area contributed by atoms with Crippen LogP contribution < -0.4 is 10.6 Å². The van der Waals surface area contributed by atoms with Gasteiger partial charge in [-0.3, -0.25) is 9.69 Å². The first-order valence-electron chi connectivity index (χ1n) is 9.56. The summed E-state index contributed by atoms with van der Waals surface area (Å²) < 4.78 is 0. The second-order valence-corrected chi connectivity index (χ2v) is 7.34. The fourth-order valence-electron chi connectivity index (χ4n) is 3.88. The van der Waals surface area contributed by atoms with Crippen molar-refractivity contribution in [2.75, 3.05) is 26.2 Å². The van der Waals surface area contributed by atoms with E-state index in [0.717, 1.165) is 57.9 Å². The van der Waals surface area contributed by atoms with Crippen molar-refractivity contribution in [3.05, 3.63) is 35.9 Å². The Morgan fingerprint density at radius 2 is 1.69 bits per heavy atom. The van der Waals surface area contributed by atoms with Gasteiger partial charge in [0.1, 0.15) is 0 Å². The number of benzene rings is 1. The molecule has 1 aromatic carbocycles. The van der Waals surface area contributed by atoms with Crippen molar-refractivity contribution in [3.8, 4) is 0 Å². The lowest BCUT2D eigenvalue weighted by Gasteiger charge is -2.32. The predicted octanol–water partition coefficient (Wildman–Crippen LogP) is 3.39. The van der Waals surface area contributed by atoms with Crippen LogP contribution in [0.25, 0.3) is 0 Å². The van der Waals surface area contributed by atoms with Crippen LogP contribution in [0.15, 0.2) is 30.3 Å². The number of carbonyl (C=O) groups excluding carboxylic acids is 1. The van der Waals surface area contributed by atoms with Gasteiger partial charge in [-0.1, -0.05) is 30.3 Å². The van der Waals surface area contributed by atoms with Gasteiger partial charge in [-0.2, -0.15) is 0 Å². The molecule has 4 nitrogen and oxygen atoms in total. The van der Waals surface area contributed by atoms with E-state index in [1.54, 1.807) is 0 Å². The summed E-state index contributed by atoms with van der Waals surface area (Å²) in [7, 11) is 0. The maximum Gasteiger partial charge on any atom is 0.220 e. The molecule has 0 spiro atoms. The molecule has 0 aliphatic carbocycles. The Morgan fingerprint density at radius 1 is 1.04 bits per heavy atom. The van der Waals surface area contributed by atoms with Crippen LogP contribution in [-0.4, -0.2) is 43.0 Å². The van der Waals surface area contributed by atoms with Crippen LogP contribution in [0.5, 0.6) is 0 Å². The molecule has 2 heterocycles. The molecule has 2 saturated heterocycles. The molecule has 2 aliphatic heterocycles. The van der Waals surface area contributed by atoms with Crippen molar-refractivity contribution < 1.29 is 4.79 Å². The molecule has 26 heavy (non-hydrogen) atoms. The molecule has 0 bridgehead atoms. The van der Waals surface area contributed by atoms with Crippen LogP contribution in [0.3, 0.4) is 0 Å². The van der Waals surface area contributed by atoms with E-state index in [-0.39, 0.29) is 30.7 Å². The lowest BCUT2D eigenvalue weighted by atomic mass is 9.93. The molecule has 3 rings (SSSR count). The summed E-state index contributed by atoms with van der Waals surface area (Å²) >= 11 is 0. The lowest BCUT2D eigenvalue weighted by molar-refractivity contribution is -0.122. The normalized spacial score (nSPS) is 19.2. The monoisotopic (exact) mass is 401 g/mol. The summed E-state index contributed by atoms with van der Waals surface area (Å²) in [6, 6.07) is 11.0. The molecule has 148 valence electrons.